The van der Waals surface area contributed by atoms with Gasteiger partial charge in [0.1, 0.15) is 12.8 Å². The van der Waals surface area contributed by atoms with Crippen LogP contribution >= 0.6 is 15.7 Å². The Morgan fingerprint density at radius 2 is 1.85 bits per heavy atom. The number of aliphatic hydroxyl groups is 2. The second kappa shape index (κ2) is 13.4. The van der Waals surface area contributed by atoms with E-state index in [4.69, 9.17) is 9.84 Å². The van der Waals surface area contributed by atoms with Gasteiger partial charge in [0.25, 0.3) is 5.48 Å². The molecule has 0 spiro atoms. The molecular weight excluding hydrogens is 378 g/mol. The van der Waals surface area contributed by atoms with Crippen molar-refractivity contribution < 1.29 is 38.2 Å². The molecule has 26 heavy (non-hydrogen) atoms. The molecule has 0 fully saturated rings. The second-order valence-corrected chi connectivity index (χ2v) is 9.31. The van der Waals surface area contributed by atoms with Gasteiger partial charge in [-0.05, 0) is 6.92 Å². The first-order chi connectivity index (χ1) is 11.8. The predicted octanol–water partition coefficient (Wildman–Crippen LogP) is 0.335. The van der Waals surface area contributed by atoms with E-state index in [1.54, 1.807) is 6.92 Å². The van der Waals surface area contributed by atoms with Crippen molar-refractivity contribution in [1.29, 1.82) is 0 Å². The van der Waals surface area contributed by atoms with Crippen molar-refractivity contribution in [2.45, 2.75) is 6.92 Å². The van der Waals surface area contributed by atoms with Crippen LogP contribution in [-0.4, -0.2) is 98.3 Å². The number of likely N-dealkylation sites (N-methyl/N-ethyl adjacent to an activating group) is 2. The van der Waals surface area contributed by atoms with Gasteiger partial charge in [0, 0.05) is 5.57 Å². The molecule has 0 saturated heterocycles. The van der Waals surface area contributed by atoms with Gasteiger partial charge in [-0.2, -0.15) is 0 Å². The molecule has 150 valence electrons. The van der Waals surface area contributed by atoms with Crippen LogP contribution in [0.15, 0.2) is 12.2 Å². The Morgan fingerprint density at radius 1 is 1.31 bits per heavy atom. The van der Waals surface area contributed by atoms with Crippen LogP contribution in [0.5, 0.6) is 0 Å². The number of carbonyl (C=O) groups excluding carboxylic acids is 1. The second-order valence-electron chi connectivity index (χ2n) is 7.21. The molecule has 0 radical (unpaired) electrons. The minimum atomic E-state index is -1.86. The molecule has 8 nitrogen and oxygen atoms in total. The molecule has 10 heteroatoms. The van der Waals surface area contributed by atoms with Crippen molar-refractivity contribution in [3.05, 3.63) is 12.2 Å². The fraction of sp³-hybridized carbons (Fsp3) is 0.688. The Balaban J connectivity index is 0. The quantitative estimate of drug-likeness (QED) is 0.259. The number of aliphatic hydroxyl groups excluding tert-OH is 2. The van der Waals surface area contributed by atoms with Crippen LogP contribution in [0.2, 0.25) is 0 Å². The van der Waals surface area contributed by atoms with Gasteiger partial charge >= 0.3 is 61.0 Å². The maximum atomic E-state index is 11.6. The van der Waals surface area contributed by atoms with Crippen LogP contribution in [0.1, 0.15) is 6.92 Å². The molecule has 1 unspecified atom stereocenters. The molecule has 2 N–H and O–H groups in total. The summed E-state index contributed by atoms with van der Waals surface area (Å²) in [5.41, 5.74) is 0.263. The van der Waals surface area contributed by atoms with Gasteiger partial charge in [-0.1, -0.05) is 6.58 Å². The topological polar surface area (TPSA) is 107 Å². The zero-order chi connectivity index (χ0) is 21.0. The van der Waals surface area contributed by atoms with E-state index in [9.17, 15) is 19.4 Å². The first-order valence-corrected chi connectivity index (χ1v) is 10.2. The Kier molecular flexibility index (Phi) is 14.1. The number of quaternary nitrogens is 2. The van der Waals surface area contributed by atoms with E-state index in [1.165, 1.54) is 0 Å². The Labute approximate surface area is 158 Å². The number of esters is 1. The number of hydrogen-bond acceptors (Lipinski definition) is 5. The molecule has 0 rings (SSSR count). The molecule has 0 aromatic rings. The molecule has 0 heterocycles. The van der Waals surface area contributed by atoms with Crippen molar-refractivity contribution in [3.63, 3.8) is 0 Å². The molecule has 0 bridgehead atoms. The average Bonchev–Trinajstić information content (AvgIpc) is 2.45. The van der Waals surface area contributed by atoms with E-state index in [0.29, 0.717) is 27.6 Å². The van der Waals surface area contributed by atoms with E-state index >= 15 is 0 Å². The molecule has 0 aliphatic rings. The number of ether oxygens (including phenoxy) is 1. The van der Waals surface area contributed by atoms with Gasteiger partial charge in [0.2, 0.25) is 0 Å². The zero-order valence-corrected chi connectivity index (χ0v) is 18.3. The van der Waals surface area contributed by atoms with E-state index in [2.05, 4.69) is 12.3 Å². The first-order valence-electron chi connectivity index (χ1n) is 7.91. The first kappa shape index (κ1) is 27.4. The molecule has 0 aromatic heterocycles. The summed E-state index contributed by atoms with van der Waals surface area (Å²) in [7, 11) is 7.35. The van der Waals surface area contributed by atoms with Gasteiger partial charge < -0.3 is 19.2 Å². The van der Waals surface area contributed by atoms with Crippen molar-refractivity contribution in [1.82, 2.24) is 0 Å². The maximum absolute atomic E-state index is 11.6. The van der Waals surface area contributed by atoms with Crippen molar-refractivity contribution >= 4 is 27.1 Å². The van der Waals surface area contributed by atoms with Gasteiger partial charge in [-0.15, -0.1) is 0 Å². The Morgan fingerprint density at radius 3 is 2.23 bits per heavy atom. The standard InChI is InChI=1S/C11H20NO4P.C5H11NO2P/c1-9(2)11(14)16-6-7-17(15)10(13)8-12(3,4)5;1-6(2,3-4-7)5-9-8/h1,6-8H2,2-5H3;7H,3-4H2,1-2H3/q;+1/p+1. The monoisotopic (exact) mass is 410 g/mol. The Hall–Kier alpha value is -0.810. The van der Waals surface area contributed by atoms with Crippen LogP contribution < -0.4 is 4.89 Å². The third kappa shape index (κ3) is 16.6. The third-order valence-corrected chi connectivity index (χ3v) is 4.68. The molecule has 0 aliphatic carbocycles. The van der Waals surface area contributed by atoms with Gasteiger partial charge in [0.15, 0.2) is 6.54 Å². The van der Waals surface area contributed by atoms with E-state index in [1.807, 2.05) is 35.2 Å². The van der Waals surface area contributed by atoms with Crippen LogP contribution in [0.25, 0.3) is 0 Å². The predicted molar refractivity (Wildman–Crippen MR) is 103 cm³/mol. The summed E-state index contributed by atoms with van der Waals surface area (Å²) in [4.78, 5) is 22.6. The van der Waals surface area contributed by atoms with E-state index in [-0.39, 0.29) is 32.8 Å². The average molecular weight is 410 g/mol. The minimum absolute atomic E-state index is 0.0299. The van der Waals surface area contributed by atoms with Crippen LogP contribution in [0, 0.1) is 5.75 Å². The SMILES string of the molecule is C=C(C)C(=O)OCC/[P+]([O-])=C(\O)C[N+](C)(C)C.C[N+](C)(C#P=O)CCO. The number of carbonyl (C=O) groups is 1. The summed E-state index contributed by atoms with van der Waals surface area (Å²) in [6, 6.07) is 0. The third-order valence-electron chi connectivity index (χ3n) is 2.75. The van der Waals surface area contributed by atoms with Crippen LogP contribution in [0.3, 0.4) is 0 Å². The summed E-state index contributed by atoms with van der Waals surface area (Å²) in [6.45, 7) is 5.97. The molecular formula is C16H32N2O6P2+2. The summed E-state index contributed by atoms with van der Waals surface area (Å²) < 4.78 is 15.6. The summed E-state index contributed by atoms with van der Waals surface area (Å²) in [5.74, 6) is 2.12. The summed E-state index contributed by atoms with van der Waals surface area (Å²) in [6.07, 6.45) is 0.139. The van der Waals surface area contributed by atoms with Crippen LogP contribution in [-0.2, 0) is 14.1 Å². The number of hydrogen-bond donors (Lipinski definition) is 2. The Bertz CT molecular complexity index is 606. The molecule has 0 aromatic carbocycles. The number of rotatable bonds is 8. The zero-order valence-electron chi connectivity index (χ0n) is 16.6. The van der Waals surface area contributed by atoms with E-state index in [0.717, 1.165) is 0 Å². The van der Waals surface area contributed by atoms with E-state index < -0.39 is 13.7 Å². The fourth-order valence-corrected chi connectivity index (χ4v) is 2.81. The summed E-state index contributed by atoms with van der Waals surface area (Å²) in [5, 5.41) is 18.1. The molecule has 0 aliphatic heterocycles. The van der Waals surface area contributed by atoms with Crippen LogP contribution in [0.4, 0.5) is 0 Å². The van der Waals surface area contributed by atoms with Gasteiger partial charge in [0.05, 0.1) is 28.9 Å². The molecule has 1 atom stereocenters. The summed E-state index contributed by atoms with van der Waals surface area (Å²) >= 11 is 0. The number of nitrogens with zero attached hydrogens (tertiary/aromatic N) is 2. The van der Waals surface area contributed by atoms with Gasteiger partial charge in [-0.3, -0.25) is 0 Å². The van der Waals surface area contributed by atoms with Gasteiger partial charge in [-0.25, -0.2) is 4.79 Å². The normalized spacial score (nSPS) is 12.2. The fourth-order valence-electron chi connectivity index (χ4n) is 1.39. The molecule has 0 amide bonds. The molecule has 0 saturated carbocycles. The van der Waals surface area contributed by atoms with Crippen molar-refractivity contribution in [2.24, 2.45) is 0 Å². The van der Waals surface area contributed by atoms with Crippen molar-refractivity contribution in [3.8, 4) is 5.75 Å². The van der Waals surface area contributed by atoms with Crippen molar-refractivity contribution in [2.75, 3.05) is 67.7 Å².